The van der Waals surface area contributed by atoms with Gasteiger partial charge in [-0.25, -0.2) is 4.98 Å². The van der Waals surface area contributed by atoms with Crippen molar-refractivity contribution in [3.63, 3.8) is 0 Å². The molecule has 2 heterocycles. The first-order valence-electron chi connectivity index (χ1n) is 10.7. The minimum absolute atomic E-state index is 0. The van der Waals surface area contributed by atoms with Gasteiger partial charge in [-0.15, -0.1) is 11.3 Å². The van der Waals surface area contributed by atoms with Crippen LogP contribution in [0.4, 0.5) is 0 Å². The van der Waals surface area contributed by atoms with E-state index in [0.29, 0.717) is 10.8 Å². The van der Waals surface area contributed by atoms with Gasteiger partial charge < -0.3 is 6.42 Å². The molecule has 4 aliphatic rings. The van der Waals surface area contributed by atoms with Crippen molar-refractivity contribution in [2.24, 2.45) is 28.6 Å². The number of rotatable bonds is 1. The van der Waals surface area contributed by atoms with Crippen molar-refractivity contribution in [2.45, 2.75) is 58.8 Å². The molecule has 0 amide bonds. The molecule has 2 aromatic heterocycles. The first kappa shape index (κ1) is 19.7. The minimum Gasteiger partial charge on any atom is -0.325 e. The first-order valence-corrected chi connectivity index (χ1v) is 11.6. The number of allylic oxidation sites excluding steroid dienone is 4. The Balaban J connectivity index is 0.00000171. The maximum atomic E-state index is 4.67. The summed E-state index contributed by atoms with van der Waals surface area (Å²) in [7, 11) is 0. The Kier molecular flexibility index (Phi) is 4.85. The maximum Gasteiger partial charge on any atom is 0.194 e. The number of hydrogen-bond donors (Lipinski definition) is 0. The zero-order chi connectivity index (χ0) is 18.2. The molecule has 145 valence electrons. The third-order valence-electron chi connectivity index (χ3n) is 8.86. The van der Waals surface area contributed by atoms with Crippen LogP contribution < -0.4 is 0 Å². The maximum absolute atomic E-state index is 4.67. The second kappa shape index (κ2) is 6.89. The standard InChI is InChI=1S/C24H29N2S.Y/c1-23-11-4-3-5-16(23)6-7-17-18-8-9-20(24(18,2)12-10-19(17)23)21-15-25-22-26(21)13-14-27-22;/h3,6,9,13-15,17-19H,4-5,7-8,10-12H2,1-2H3;/q-1;/t17?,18?,19?,23-,24-;/m0./s1. The smallest absolute Gasteiger partial charge is 0.194 e. The molecule has 5 atom stereocenters. The molecule has 2 saturated carbocycles. The van der Waals surface area contributed by atoms with Crippen molar-refractivity contribution in [2.75, 3.05) is 0 Å². The van der Waals surface area contributed by atoms with Crippen LogP contribution >= 0.6 is 11.3 Å². The van der Waals surface area contributed by atoms with Crippen molar-refractivity contribution in [1.82, 2.24) is 9.38 Å². The average molecular weight is 466 g/mol. The van der Waals surface area contributed by atoms with Gasteiger partial charge in [0.25, 0.3) is 0 Å². The molecule has 2 aromatic rings. The SMILES string of the molecule is C[C@]12CC[CH-]CC1=CCC1C2CC[C@]2(C)C(c3cnc4sccn34)=CCC12.[Y]. The Morgan fingerprint density at radius 2 is 2.04 bits per heavy atom. The van der Waals surface area contributed by atoms with Gasteiger partial charge in [0.2, 0.25) is 0 Å². The molecular formula is C24H29N2SY-. The Labute approximate surface area is 197 Å². The summed E-state index contributed by atoms with van der Waals surface area (Å²) < 4.78 is 2.31. The van der Waals surface area contributed by atoms with Gasteiger partial charge in [0.05, 0.1) is 11.9 Å². The summed E-state index contributed by atoms with van der Waals surface area (Å²) in [5, 5.41) is 2.16. The third kappa shape index (κ3) is 2.54. The topological polar surface area (TPSA) is 17.3 Å². The van der Waals surface area contributed by atoms with Gasteiger partial charge in [-0.1, -0.05) is 38.0 Å². The van der Waals surface area contributed by atoms with E-state index in [4.69, 9.17) is 0 Å². The molecule has 3 unspecified atom stereocenters. The van der Waals surface area contributed by atoms with E-state index in [9.17, 15) is 0 Å². The van der Waals surface area contributed by atoms with Crippen molar-refractivity contribution in [1.29, 1.82) is 0 Å². The summed E-state index contributed by atoms with van der Waals surface area (Å²) in [4.78, 5) is 5.79. The summed E-state index contributed by atoms with van der Waals surface area (Å²) >= 11 is 1.74. The van der Waals surface area contributed by atoms with E-state index in [-0.39, 0.29) is 32.7 Å². The van der Waals surface area contributed by atoms with E-state index in [1.54, 1.807) is 22.5 Å². The van der Waals surface area contributed by atoms with Crippen molar-refractivity contribution >= 4 is 21.9 Å². The molecule has 0 aliphatic heterocycles. The van der Waals surface area contributed by atoms with E-state index in [1.807, 2.05) is 0 Å². The summed E-state index contributed by atoms with van der Waals surface area (Å²) in [5.74, 6) is 2.55. The monoisotopic (exact) mass is 466 g/mol. The zero-order valence-electron chi connectivity index (χ0n) is 17.0. The van der Waals surface area contributed by atoms with Gasteiger partial charge in [-0.05, 0) is 59.8 Å². The molecule has 4 heteroatoms. The van der Waals surface area contributed by atoms with Crippen LogP contribution in [0.15, 0.2) is 35.5 Å². The van der Waals surface area contributed by atoms with Crippen LogP contribution in [-0.4, -0.2) is 9.38 Å². The predicted molar refractivity (Wildman–Crippen MR) is 112 cm³/mol. The normalized spacial score (nSPS) is 39.4. The molecule has 0 spiro atoms. The van der Waals surface area contributed by atoms with Gasteiger partial charge in [-0.2, -0.15) is 12.8 Å². The number of hydrogen-bond acceptors (Lipinski definition) is 2. The zero-order valence-corrected chi connectivity index (χ0v) is 20.7. The molecule has 0 bridgehead atoms. The number of fused-ring (bicyclic) bond motifs is 6. The van der Waals surface area contributed by atoms with Crippen LogP contribution in [0.5, 0.6) is 0 Å². The predicted octanol–water partition coefficient (Wildman–Crippen LogP) is 6.55. The van der Waals surface area contributed by atoms with Crippen molar-refractivity contribution < 1.29 is 32.7 Å². The van der Waals surface area contributed by atoms with Gasteiger partial charge in [-0.3, -0.25) is 4.40 Å². The first-order chi connectivity index (χ1) is 13.1. The van der Waals surface area contributed by atoms with Gasteiger partial charge in [0.1, 0.15) is 0 Å². The molecular weight excluding hydrogens is 437 g/mol. The van der Waals surface area contributed by atoms with Gasteiger partial charge >= 0.3 is 0 Å². The summed E-state index contributed by atoms with van der Waals surface area (Å²) in [6.07, 6.45) is 21.3. The van der Waals surface area contributed by atoms with E-state index in [0.717, 1.165) is 22.7 Å². The van der Waals surface area contributed by atoms with Crippen LogP contribution in [0.25, 0.3) is 10.5 Å². The molecule has 2 nitrogen and oxygen atoms in total. The molecule has 0 aromatic carbocycles. The summed E-state index contributed by atoms with van der Waals surface area (Å²) in [6.45, 7) is 5.16. The largest absolute Gasteiger partial charge is 0.325 e. The van der Waals surface area contributed by atoms with E-state index >= 15 is 0 Å². The number of imidazole rings is 1. The average Bonchev–Trinajstić information content (AvgIpc) is 3.35. The Morgan fingerprint density at radius 3 is 2.93 bits per heavy atom. The molecule has 0 saturated heterocycles. The number of aromatic nitrogens is 2. The van der Waals surface area contributed by atoms with E-state index in [1.165, 1.54) is 50.6 Å². The Bertz CT molecular complexity index is 968. The number of thiazole rings is 1. The van der Waals surface area contributed by atoms with Gasteiger partial charge in [0.15, 0.2) is 4.96 Å². The molecule has 2 fully saturated rings. The van der Waals surface area contributed by atoms with Crippen molar-refractivity contribution in [3.8, 4) is 0 Å². The molecule has 0 N–H and O–H groups in total. The Morgan fingerprint density at radius 1 is 1.14 bits per heavy atom. The van der Waals surface area contributed by atoms with Gasteiger partial charge in [0, 0.05) is 44.3 Å². The quantitative estimate of drug-likeness (QED) is 0.344. The van der Waals surface area contributed by atoms with Crippen LogP contribution in [0, 0.1) is 35.0 Å². The fourth-order valence-electron chi connectivity index (χ4n) is 7.37. The molecule has 6 rings (SSSR count). The van der Waals surface area contributed by atoms with Crippen LogP contribution in [0.1, 0.15) is 64.5 Å². The van der Waals surface area contributed by atoms with Crippen LogP contribution in [-0.2, 0) is 32.7 Å². The second-order valence-corrected chi connectivity index (χ2v) is 10.7. The number of nitrogens with zero attached hydrogens (tertiary/aromatic N) is 2. The summed E-state index contributed by atoms with van der Waals surface area (Å²) in [5.41, 5.74) is 5.48. The Hall–Kier alpha value is -0.246. The molecule has 28 heavy (non-hydrogen) atoms. The van der Waals surface area contributed by atoms with E-state index in [2.05, 4.69) is 59.6 Å². The van der Waals surface area contributed by atoms with Crippen LogP contribution in [0.2, 0.25) is 0 Å². The van der Waals surface area contributed by atoms with Crippen molar-refractivity contribution in [3.05, 3.63) is 47.6 Å². The minimum atomic E-state index is 0. The summed E-state index contributed by atoms with van der Waals surface area (Å²) in [6, 6.07) is 0. The fraction of sp³-hybridized carbons (Fsp3) is 0.583. The molecule has 1 radical (unpaired) electrons. The third-order valence-corrected chi connectivity index (χ3v) is 9.63. The fourth-order valence-corrected chi connectivity index (χ4v) is 8.06. The molecule has 4 aliphatic carbocycles. The van der Waals surface area contributed by atoms with Crippen LogP contribution in [0.3, 0.4) is 0 Å². The second-order valence-electron chi connectivity index (χ2n) is 9.80. The van der Waals surface area contributed by atoms with E-state index < -0.39 is 0 Å².